The van der Waals surface area contributed by atoms with Gasteiger partial charge in [0.2, 0.25) is 0 Å². The van der Waals surface area contributed by atoms with Gasteiger partial charge in [-0.05, 0) is 29.6 Å². The number of likely N-dealkylation sites (N-methyl/N-ethyl adjacent to an activating group) is 1. The van der Waals surface area contributed by atoms with Crippen LogP contribution in [0.3, 0.4) is 0 Å². The van der Waals surface area contributed by atoms with Crippen molar-refractivity contribution in [3.05, 3.63) is 0 Å². The normalized spacial score (nSPS) is 37.8. The standard InChI is InChI=1S/C7H11IN2O/c1-10-3-2-7(5-10)4-6(8)9-11-7/h2-5H2,1H3. The summed E-state index contributed by atoms with van der Waals surface area (Å²) >= 11 is 2.25. The third-order valence-corrected chi connectivity index (χ3v) is 2.89. The van der Waals surface area contributed by atoms with Crippen molar-refractivity contribution in [2.75, 3.05) is 20.1 Å². The van der Waals surface area contributed by atoms with Crippen molar-refractivity contribution in [3.8, 4) is 0 Å². The van der Waals surface area contributed by atoms with Crippen LogP contribution in [-0.2, 0) is 4.84 Å². The van der Waals surface area contributed by atoms with Gasteiger partial charge in [-0.3, -0.25) is 0 Å². The molecule has 2 aliphatic rings. The highest BCUT2D eigenvalue weighted by Crippen LogP contribution is 2.34. The molecule has 11 heavy (non-hydrogen) atoms. The van der Waals surface area contributed by atoms with Crippen molar-refractivity contribution in [2.45, 2.75) is 18.4 Å². The number of rotatable bonds is 0. The zero-order chi connectivity index (χ0) is 7.90. The summed E-state index contributed by atoms with van der Waals surface area (Å²) in [5.74, 6) is 0. The maximum Gasteiger partial charge on any atom is 0.157 e. The Morgan fingerprint density at radius 3 is 3.00 bits per heavy atom. The fraction of sp³-hybridized carbons (Fsp3) is 0.857. The van der Waals surface area contributed by atoms with Gasteiger partial charge in [0.05, 0.1) is 0 Å². The molecule has 1 saturated heterocycles. The molecule has 0 aromatic heterocycles. The molecule has 0 saturated carbocycles. The summed E-state index contributed by atoms with van der Waals surface area (Å²) in [5, 5.41) is 3.98. The predicted molar refractivity (Wildman–Crippen MR) is 52.0 cm³/mol. The molecule has 1 atom stereocenters. The molecule has 3 nitrogen and oxygen atoms in total. The zero-order valence-corrected chi connectivity index (χ0v) is 8.67. The Balaban J connectivity index is 2.05. The van der Waals surface area contributed by atoms with Crippen LogP contribution in [-0.4, -0.2) is 34.4 Å². The molecule has 0 N–H and O–H groups in total. The first kappa shape index (κ1) is 7.79. The highest BCUT2D eigenvalue weighted by atomic mass is 127. The second-order valence-corrected chi connectivity index (χ2v) is 4.65. The summed E-state index contributed by atoms with van der Waals surface area (Å²) in [4.78, 5) is 7.72. The van der Waals surface area contributed by atoms with E-state index in [1.807, 2.05) is 0 Å². The fourth-order valence-electron chi connectivity index (χ4n) is 1.74. The molecule has 0 amide bonds. The van der Waals surface area contributed by atoms with E-state index in [4.69, 9.17) is 4.84 Å². The molecular weight excluding hydrogens is 255 g/mol. The first-order chi connectivity index (χ1) is 5.20. The van der Waals surface area contributed by atoms with Gasteiger partial charge in [-0.15, -0.1) is 0 Å². The highest BCUT2D eigenvalue weighted by Gasteiger charge is 2.43. The second kappa shape index (κ2) is 2.58. The van der Waals surface area contributed by atoms with E-state index in [1.165, 1.54) is 0 Å². The summed E-state index contributed by atoms with van der Waals surface area (Å²) < 4.78 is 1.11. The first-order valence-electron chi connectivity index (χ1n) is 3.79. The van der Waals surface area contributed by atoms with E-state index in [9.17, 15) is 0 Å². The van der Waals surface area contributed by atoms with Crippen LogP contribution in [0.2, 0.25) is 0 Å². The highest BCUT2D eigenvalue weighted by molar-refractivity contribution is 14.1. The Hall–Kier alpha value is 0.160. The molecule has 62 valence electrons. The molecule has 2 aliphatic heterocycles. The molecule has 0 aliphatic carbocycles. The van der Waals surface area contributed by atoms with Crippen molar-refractivity contribution >= 4 is 26.3 Å². The van der Waals surface area contributed by atoms with Gasteiger partial charge >= 0.3 is 0 Å². The largest absolute Gasteiger partial charge is 0.387 e. The van der Waals surface area contributed by atoms with E-state index in [-0.39, 0.29) is 5.60 Å². The average Bonchev–Trinajstić information content (AvgIpc) is 2.44. The third-order valence-electron chi connectivity index (χ3n) is 2.31. The summed E-state index contributed by atoms with van der Waals surface area (Å²) in [5.41, 5.74) is 0.0469. The quantitative estimate of drug-likeness (QED) is 0.616. The Morgan fingerprint density at radius 1 is 1.73 bits per heavy atom. The number of halogens is 1. The molecule has 0 aromatic rings. The van der Waals surface area contributed by atoms with E-state index in [1.54, 1.807) is 0 Å². The average molecular weight is 266 g/mol. The number of nitrogens with zero attached hydrogens (tertiary/aromatic N) is 2. The lowest BCUT2D eigenvalue weighted by atomic mass is 10.0. The maximum atomic E-state index is 5.42. The van der Waals surface area contributed by atoms with Crippen LogP contribution in [0.5, 0.6) is 0 Å². The monoisotopic (exact) mass is 266 g/mol. The topological polar surface area (TPSA) is 24.8 Å². The minimum atomic E-state index is 0.0469. The Labute approximate surface area is 79.9 Å². The van der Waals surface area contributed by atoms with Gasteiger partial charge in [-0.1, -0.05) is 5.16 Å². The van der Waals surface area contributed by atoms with Gasteiger partial charge in [-0.2, -0.15) is 0 Å². The lowest BCUT2D eigenvalue weighted by molar-refractivity contribution is -0.00837. The van der Waals surface area contributed by atoms with Crippen LogP contribution in [0.25, 0.3) is 0 Å². The first-order valence-corrected chi connectivity index (χ1v) is 4.87. The van der Waals surface area contributed by atoms with Gasteiger partial charge in [-0.25, -0.2) is 0 Å². The van der Waals surface area contributed by atoms with Gasteiger partial charge < -0.3 is 9.74 Å². The van der Waals surface area contributed by atoms with E-state index in [0.717, 1.165) is 29.6 Å². The molecule has 1 spiro atoms. The Morgan fingerprint density at radius 2 is 2.55 bits per heavy atom. The lowest BCUT2D eigenvalue weighted by Gasteiger charge is -2.19. The van der Waals surface area contributed by atoms with Crippen LogP contribution in [0, 0.1) is 0 Å². The summed E-state index contributed by atoms with van der Waals surface area (Å²) in [6, 6.07) is 0. The smallest absolute Gasteiger partial charge is 0.157 e. The van der Waals surface area contributed by atoms with Crippen LogP contribution < -0.4 is 0 Å². The Kier molecular flexibility index (Phi) is 1.83. The van der Waals surface area contributed by atoms with Crippen LogP contribution in [0.15, 0.2) is 5.16 Å². The maximum absolute atomic E-state index is 5.42. The minimum Gasteiger partial charge on any atom is -0.387 e. The van der Waals surface area contributed by atoms with Crippen molar-refractivity contribution in [1.29, 1.82) is 0 Å². The van der Waals surface area contributed by atoms with Crippen molar-refractivity contribution in [3.63, 3.8) is 0 Å². The number of hydrogen-bond donors (Lipinski definition) is 0. The molecule has 2 rings (SSSR count). The predicted octanol–water partition coefficient (Wildman–Crippen LogP) is 1.23. The van der Waals surface area contributed by atoms with Crippen molar-refractivity contribution < 1.29 is 4.84 Å². The molecule has 4 heteroatoms. The zero-order valence-electron chi connectivity index (χ0n) is 6.51. The van der Waals surface area contributed by atoms with E-state index in [0.29, 0.717) is 0 Å². The molecule has 0 bridgehead atoms. The molecule has 0 radical (unpaired) electrons. The number of hydrogen-bond acceptors (Lipinski definition) is 3. The SMILES string of the molecule is CN1CCC2(CC(I)=NO2)C1. The lowest BCUT2D eigenvalue weighted by Crippen LogP contribution is -2.31. The van der Waals surface area contributed by atoms with E-state index in [2.05, 4.69) is 39.7 Å². The van der Waals surface area contributed by atoms with Gasteiger partial charge in [0.1, 0.15) is 3.72 Å². The van der Waals surface area contributed by atoms with Crippen molar-refractivity contribution in [2.24, 2.45) is 5.16 Å². The van der Waals surface area contributed by atoms with Gasteiger partial charge in [0, 0.05) is 25.9 Å². The van der Waals surface area contributed by atoms with Gasteiger partial charge in [0.25, 0.3) is 0 Å². The van der Waals surface area contributed by atoms with E-state index < -0.39 is 0 Å². The third kappa shape index (κ3) is 1.38. The molecule has 1 fully saturated rings. The minimum absolute atomic E-state index is 0.0469. The fourth-order valence-corrected chi connectivity index (χ4v) is 2.53. The molecule has 0 aromatic carbocycles. The van der Waals surface area contributed by atoms with E-state index >= 15 is 0 Å². The van der Waals surface area contributed by atoms with Gasteiger partial charge in [0.15, 0.2) is 5.60 Å². The van der Waals surface area contributed by atoms with Crippen molar-refractivity contribution in [1.82, 2.24) is 4.90 Å². The Bertz CT molecular complexity index is 207. The number of likely N-dealkylation sites (tertiary alicyclic amines) is 1. The second-order valence-electron chi connectivity index (χ2n) is 3.41. The number of oxime groups is 1. The van der Waals surface area contributed by atoms with Crippen LogP contribution in [0.1, 0.15) is 12.8 Å². The summed E-state index contributed by atoms with van der Waals surface area (Å²) in [7, 11) is 2.13. The van der Waals surface area contributed by atoms with Crippen LogP contribution >= 0.6 is 22.6 Å². The molecule has 1 unspecified atom stereocenters. The molecule has 2 heterocycles. The summed E-state index contributed by atoms with van der Waals surface area (Å²) in [6.07, 6.45) is 2.14. The van der Waals surface area contributed by atoms with Crippen LogP contribution in [0.4, 0.5) is 0 Å². The summed E-state index contributed by atoms with van der Waals surface area (Å²) in [6.45, 7) is 2.17. The molecular formula is C7H11IN2O.